The highest BCUT2D eigenvalue weighted by molar-refractivity contribution is 7.97. The Morgan fingerprint density at radius 3 is 2.64 bits per heavy atom. The Kier molecular flexibility index (Phi) is 6.48. The third-order valence-electron chi connectivity index (χ3n) is 4.55. The van der Waals surface area contributed by atoms with Gasteiger partial charge in [0.15, 0.2) is 0 Å². The SMILES string of the molecule is CC(=O)Nc1cc(CNSc2ccc(C3CCCCC3)cc2)ccn1. The summed E-state index contributed by atoms with van der Waals surface area (Å²) >= 11 is 1.63. The molecule has 1 aliphatic carbocycles. The zero-order chi connectivity index (χ0) is 17.5. The van der Waals surface area contributed by atoms with Gasteiger partial charge in [-0.2, -0.15) is 0 Å². The molecule has 2 N–H and O–H groups in total. The van der Waals surface area contributed by atoms with Gasteiger partial charge in [0, 0.05) is 24.6 Å². The number of pyridine rings is 1. The normalized spacial score (nSPS) is 15.1. The zero-order valence-electron chi connectivity index (χ0n) is 14.6. The van der Waals surface area contributed by atoms with Crippen LogP contribution in [0.3, 0.4) is 0 Å². The van der Waals surface area contributed by atoms with Gasteiger partial charge in [-0.3, -0.25) is 9.52 Å². The number of benzene rings is 1. The van der Waals surface area contributed by atoms with Crippen LogP contribution in [0.1, 0.15) is 56.1 Å². The standard InChI is InChI=1S/C20H25N3OS/c1-15(24)23-20-13-16(11-12-21-20)14-22-25-19-9-7-18(8-10-19)17-5-3-2-4-6-17/h7-13,17,22H,2-6,14H2,1H3,(H,21,23,24). The van der Waals surface area contributed by atoms with Gasteiger partial charge in [-0.05, 0) is 66.1 Å². The highest BCUT2D eigenvalue weighted by Gasteiger charge is 2.15. The summed E-state index contributed by atoms with van der Waals surface area (Å²) in [5, 5.41) is 2.71. The third-order valence-corrected chi connectivity index (χ3v) is 5.35. The van der Waals surface area contributed by atoms with Crippen molar-refractivity contribution in [1.29, 1.82) is 0 Å². The van der Waals surface area contributed by atoms with Crippen LogP contribution in [0.15, 0.2) is 47.5 Å². The van der Waals surface area contributed by atoms with E-state index in [4.69, 9.17) is 0 Å². The lowest BCUT2D eigenvalue weighted by molar-refractivity contribution is -0.114. The Morgan fingerprint density at radius 1 is 1.16 bits per heavy atom. The Labute approximate surface area is 154 Å². The molecule has 5 heteroatoms. The average molecular weight is 356 g/mol. The number of anilines is 1. The number of aromatic nitrogens is 1. The lowest BCUT2D eigenvalue weighted by Crippen LogP contribution is -2.09. The van der Waals surface area contributed by atoms with Crippen molar-refractivity contribution in [3.63, 3.8) is 0 Å². The molecule has 1 aliphatic rings. The Morgan fingerprint density at radius 2 is 1.92 bits per heavy atom. The van der Waals surface area contributed by atoms with Gasteiger partial charge in [-0.1, -0.05) is 31.4 Å². The highest BCUT2D eigenvalue weighted by atomic mass is 32.2. The summed E-state index contributed by atoms with van der Waals surface area (Å²) in [6, 6.07) is 12.8. The van der Waals surface area contributed by atoms with Crippen LogP contribution in [-0.2, 0) is 11.3 Å². The van der Waals surface area contributed by atoms with Crippen LogP contribution in [0.5, 0.6) is 0 Å². The number of carbonyl (C=O) groups is 1. The number of nitrogens with one attached hydrogen (secondary N) is 2. The van der Waals surface area contributed by atoms with E-state index in [0.29, 0.717) is 12.4 Å². The van der Waals surface area contributed by atoms with Crippen molar-refractivity contribution in [3.8, 4) is 0 Å². The van der Waals surface area contributed by atoms with Gasteiger partial charge in [0.05, 0.1) is 0 Å². The Bertz CT molecular complexity index is 696. The smallest absolute Gasteiger partial charge is 0.222 e. The summed E-state index contributed by atoms with van der Waals surface area (Å²) in [5.41, 5.74) is 2.57. The lowest BCUT2D eigenvalue weighted by Gasteiger charge is -2.22. The maximum absolute atomic E-state index is 11.1. The number of hydrogen-bond acceptors (Lipinski definition) is 4. The van der Waals surface area contributed by atoms with E-state index in [2.05, 4.69) is 39.3 Å². The van der Waals surface area contributed by atoms with Gasteiger partial charge in [-0.15, -0.1) is 0 Å². The number of rotatable bonds is 6. The van der Waals surface area contributed by atoms with Gasteiger partial charge in [0.25, 0.3) is 0 Å². The molecular weight excluding hydrogens is 330 g/mol. The quantitative estimate of drug-likeness (QED) is 0.725. The molecule has 1 fully saturated rings. The predicted octanol–water partition coefficient (Wildman–Crippen LogP) is 4.88. The number of amides is 1. The van der Waals surface area contributed by atoms with Gasteiger partial charge >= 0.3 is 0 Å². The lowest BCUT2D eigenvalue weighted by atomic mass is 9.84. The van der Waals surface area contributed by atoms with Crippen molar-refractivity contribution >= 4 is 23.7 Å². The maximum Gasteiger partial charge on any atom is 0.222 e. The minimum absolute atomic E-state index is 0.106. The fourth-order valence-electron chi connectivity index (χ4n) is 3.28. The van der Waals surface area contributed by atoms with E-state index < -0.39 is 0 Å². The summed E-state index contributed by atoms with van der Waals surface area (Å²) in [6.07, 6.45) is 8.52. The van der Waals surface area contributed by atoms with Crippen LogP contribution < -0.4 is 10.0 Å². The molecule has 1 aromatic heterocycles. The zero-order valence-corrected chi connectivity index (χ0v) is 15.4. The second-order valence-corrected chi connectivity index (χ2v) is 7.52. The first kappa shape index (κ1) is 18.0. The molecule has 0 aliphatic heterocycles. The van der Waals surface area contributed by atoms with Gasteiger partial charge in [0.1, 0.15) is 5.82 Å². The molecule has 1 aromatic carbocycles. The second kappa shape index (κ2) is 9.02. The summed E-state index contributed by atoms with van der Waals surface area (Å²) in [4.78, 5) is 16.4. The highest BCUT2D eigenvalue weighted by Crippen LogP contribution is 2.33. The fourth-order valence-corrected chi connectivity index (χ4v) is 3.96. The summed E-state index contributed by atoms with van der Waals surface area (Å²) in [7, 11) is 0. The van der Waals surface area contributed by atoms with Crippen LogP contribution in [0.2, 0.25) is 0 Å². The van der Waals surface area contributed by atoms with E-state index in [1.807, 2.05) is 12.1 Å². The molecule has 0 bridgehead atoms. The average Bonchev–Trinajstić information content (AvgIpc) is 2.63. The van der Waals surface area contributed by atoms with Crippen LogP contribution in [0, 0.1) is 0 Å². The molecule has 0 radical (unpaired) electrons. The van der Waals surface area contributed by atoms with Gasteiger partial charge in [-0.25, -0.2) is 4.98 Å². The van der Waals surface area contributed by atoms with E-state index >= 15 is 0 Å². The van der Waals surface area contributed by atoms with E-state index in [9.17, 15) is 4.79 Å². The minimum Gasteiger partial charge on any atom is -0.311 e. The summed E-state index contributed by atoms with van der Waals surface area (Å²) in [6.45, 7) is 2.20. The molecule has 1 heterocycles. The molecule has 0 unspecified atom stereocenters. The topological polar surface area (TPSA) is 54.0 Å². The Balaban J connectivity index is 1.49. The molecule has 0 atom stereocenters. The maximum atomic E-state index is 11.1. The van der Waals surface area contributed by atoms with E-state index in [1.165, 1.54) is 49.5 Å². The molecule has 0 spiro atoms. The van der Waals surface area contributed by atoms with Crippen molar-refractivity contribution in [3.05, 3.63) is 53.7 Å². The molecule has 3 rings (SSSR count). The molecule has 1 saturated carbocycles. The number of nitrogens with zero attached hydrogens (tertiary/aromatic N) is 1. The molecule has 2 aromatic rings. The van der Waals surface area contributed by atoms with Crippen molar-refractivity contribution < 1.29 is 4.79 Å². The summed E-state index contributed by atoms with van der Waals surface area (Å²) < 4.78 is 3.37. The molecule has 1 amide bonds. The van der Waals surface area contributed by atoms with Crippen LogP contribution in [0.25, 0.3) is 0 Å². The molecular formula is C20H25N3OS. The van der Waals surface area contributed by atoms with Crippen molar-refractivity contribution in [1.82, 2.24) is 9.71 Å². The van der Waals surface area contributed by atoms with Crippen molar-refractivity contribution in [2.75, 3.05) is 5.32 Å². The molecule has 0 saturated heterocycles. The van der Waals surface area contributed by atoms with Crippen LogP contribution in [0.4, 0.5) is 5.82 Å². The first-order valence-corrected chi connectivity index (χ1v) is 9.74. The number of carbonyl (C=O) groups excluding carboxylic acids is 1. The van der Waals surface area contributed by atoms with Crippen LogP contribution in [-0.4, -0.2) is 10.9 Å². The predicted molar refractivity (Wildman–Crippen MR) is 104 cm³/mol. The first-order chi connectivity index (χ1) is 12.2. The number of hydrogen-bond donors (Lipinski definition) is 2. The molecule has 132 valence electrons. The van der Waals surface area contributed by atoms with Gasteiger partial charge in [0.2, 0.25) is 5.91 Å². The largest absolute Gasteiger partial charge is 0.311 e. The summed E-state index contributed by atoms with van der Waals surface area (Å²) in [5.74, 6) is 1.24. The van der Waals surface area contributed by atoms with E-state index in [0.717, 1.165) is 11.5 Å². The third kappa shape index (κ3) is 5.58. The second-order valence-electron chi connectivity index (χ2n) is 6.56. The molecule has 25 heavy (non-hydrogen) atoms. The fraction of sp³-hybridized carbons (Fsp3) is 0.400. The van der Waals surface area contributed by atoms with Crippen molar-refractivity contribution in [2.24, 2.45) is 0 Å². The van der Waals surface area contributed by atoms with Gasteiger partial charge < -0.3 is 5.32 Å². The van der Waals surface area contributed by atoms with E-state index in [1.54, 1.807) is 18.1 Å². The first-order valence-electron chi connectivity index (χ1n) is 8.93. The monoisotopic (exact) mass is 355 g/mol. The minimum atomic E-state index is -0.106. The molecule has 4 nitrogen and oxygen atoms in total. The van der Waals surface area contributed by atoms with Crippen molar-refractivity contribution in [2.45, 2.75) is 56.4 Å². The van der Waals surface area contributed by atoms with E-state index in [-0.39, 0.29) is 5.91 Å². The van der Waals surface area contributed by atoms with Crippen LogP contribution >= 0.6 is 11.9 Å². The Hall–Kier alpha value is -1.85.